The van der Waals surface area contributed by atoms with Crippen molar-refractivity contribution in [1.29, 1.82) is 0 Å². The third-order valence-corrected chi connectivity index (χ3v) is 2.27. The lowest BCUT2D eigenvalue weighted by atomic mass is 10.2. The van der Waals surface area contributed by atoms with Crippen molar-refractivity contribution >= 4 is 11.0 Å². The van der Waals surface area contributed by atoms with E-state index in [-0.39, 0.29) is 0 Å². The molecule has 1 aromatic carbocycles. The van der Waals surface area contributed by atoms with Gasteiger partial charge in [0.25, 0.3) is 0 Å². The third-order valence-electron chi connectivity index (χ3n) is 2.27. The van der Waals surface area contributed by atoms with Gasteiger partial charge in [-0.1, -0.05) is 0 Å². The van der Waals surface area contributed by atoms with Crippen molar-refractivity contribution in [2.45, 2.75) is 0 Å². The van der Waals surface area contributed by atoms with Crippen LogP contribution in [-0.4, -0.2) is 21.3 Å². The zero-order chi connectivity index (χ0) is 10.8. The summed E-state index contributed by atoms with van der Waals surface area (Å²) in [5, 5.41) is 0.871. The molecule has 0 N–H and O–H groups in total. The van der Waals surface area contributed by atoms with Crippen LogP contribution in [0, 0.1) is 0 Å². The predicted octanol–water partition coefficient (Wildman–Crippen LogP) is 2.46. The van der Waals surface area contributed by atoms with Gasteiger partial charge in [0.05, 0.1) is 33.0 Å². The summed E-state index contributed by atoms with van der Waals surface area (Å²) >= 11 is 0. The molecule has 0 aliphatic heterocycles. The maximum atomic E-state index is 5.34. The smallest absolute Gasteiger partial charge is 0.204 e. The highest BCUT2D eigenvalue weighted by atomic mass is 16.5. The molecule has 0 atom stereocenters. The molecular formula is C11H12O4. The van der Waals surface area contributed by atoms with E-state index >= 15 is 0 Å². The number of furan rings is 1. The van der Waals surface area contributed by atoms with Crippen LogP contribution in [0.25, 0.3) is 11.0 Å². The molecule has 4 heteroatoms. The summed E-state index contributed by atoms with van der Waals surface area (Å²) < 4.78 is 21.0. The highest BCUT2D eigenvalue weighted by molar-refractivity contribution is 5.91. The van der Waals surface area contributed by atoms with Crippen LogP contribution in [0.1, 0.15) is 0 Å². The molecule has 0 saturated carbocycles. The second-order valence-electron chi connectivity index (χ2n) is 2.98. The van der Waals surface area contributed by atoms with Gasteiger partial charge in [-0.25, -0.2) is 0 Å². The van der Waals surface area contributed by atoms with Crippen LogP contribution in [0.3, 0.4) is 0 Å². The number of benzene rings is 1. The van der Waals surface area contributed by atoms with Gasteiger partial charge in [-0.15, -0.1) is 0 Å². The molecule has 1 aromatic heterocycles. The highest BCUT2D eigenvalue weighted by Gasteiger charge is 2.16. The molecule has 0 fully saturated rings. The van der Waals surface area contributed by atoms with Crippen LogP contribution >= 0.6 is 0 Å². The maximum Gasteiger partial charge on any atom is 0.204 e. The molecule has 0 bridgehead atoms. The summed E-state index contributed by atoms with van der Waals surface area (Å²) in [5.41, 5.74) is 0.633. The Balaban J connectivity index is 2.78. The molecule has 2 aromatic rings. The maximum absolute atomic E-state index is 5.34. The quantitative estimate of drug-likeness (QED) is 0.776. The van der Waals surface area contributed by atoms with E-state index < -0.39 is 0 Å². The van der Waals surface area contributed by atoms with Crippen molar-refractivity contribution in [3.05, 3.63) is 18.4 Å². The van der Waals surface area contributed by atoms with Crippen LogP contribution in [0.4, 0.5) is 0 Å². The minimum atomic E-state index is 0.582. The fourth-order valence-corrected chi connectivity index (χ4v) is 1.57. The van der Waals surface area contributed by atoms with E-state index in [2.05, 4.69) is 0 Å². The Morgan fingerprint density at radius 3 is 2.33 bits per heavy atom. The van der Waals surface area contributed by atoms with Gasteiger partial charge in [0, 0.05) is 6.07 Å². The second-order valence-corrected chi connectivity index (χ2v) is 2.98. The van der Waals surface area contributed by atoms with Gasteiger partial charge < -0.3 is 18.6 Å². The van der Waals surface area contributed by atoms with Gasteiger partial charge >= 0.3 is 0 Å². The minimum Gasteiger partial charge on any atom is -0.496 e. The molecule has 15 heavy (non-hydrogen) atoms. The molecule has 0 aliphatic carbocycles. The van der Waals surface area contributed by atoms with Crippen molar-refractivity contribution in [1.82, 2.24) is 0 Å². The Morgan fingerprint density at radius 2 is 1.73 bits per heavy atom. The molecule has 4 nitrogen and oxygen atoms in total. The van der Waals surface area contributed by atoms with E-state index in [9.17, 15) is 0 Å². The van der Waals surface area contributed by atoms with Gasteiger partial charge in [-0.2, -0.15) is 0 Å². The number of hydrogen-bond donors (Lipinski definition) is 0. The van der Waals surface area contributed by atoms with Crippen molar-refractivity contribution in [2.24, 2.45) is 0 Å². The molecule has 0 amide bonds. The lowest BCUT2D eigenvalue weighted by Crippen LogP contribution is -1.93. The van der Waals surface area contributed by atoms with Gasteiger partial charge in [-0.05, 0) is 6.07 Å². The highest BCUT2D eigenvalue weighted by Crippen LogP contribution is 2.41. The Hall–Kier alpha value is -1.84. The first-order valence-electron chi connectivity index (χ1n) is 4.48. The standard InChI is InChI=1S/C11H12O4/c1-12-8-6-9(13-2)11(14-3)10-7(8)4-5-15-10/h4-6H,1-3H3. The lowest BCUT2D eigenvalue weighted by molar-refractivity contribution is 0.349. The summed E-state index contributed by atoms with van der Waals surface area (Å²) in [6.07, 6.45) is 1.59. The first kappa shape index (κ1) is 9.71. The first-order chi connectivity index (χ1) is 7.31. The minimum absolute atomic E-state index is 0.582. The number of fused-ring (bicyclic) bond motifs is 1. The van der Waals surface area contributed by atoms with Gasteiger partial charge in [0.1, 0.15) is 5.75 Å². The normalized spacial score (nSPS) is 10.3. The lowest BCUT2D eigenvalue weighted by Gasteiger charge is -2.10. The zero-order valence-corrected chi connectivity index (χ0v) is 8.87. The second kappa shape index (κ2) is 3.73. The van der Waals surface area contributed by atoms with Gasteiger partial charge in [-0.3, -0.25) is 0 Å². The number of rotatable bonds is 3. The van der Waals surface area contributed by atoms with Crippen molar-refractivity contribution in [3.8, 4) is 17.2 Å². The molecule has 80 valence electrons. The Labute approximate surface area is 87.3 Å². The molecular weight excluding hydrogens is 196 g/mol. The zero-order valence-electron chi connectivity index (χ0n) is 8.87. The fourth-order valence-electron chi connectivity index (χ4n) is 1.57. The van der Waals surface area contributed by atoms with Crippen LogP contribution in [0.5, 0.6) is 17.2 Å². The van der Waals surface area contributed by atoms with Crippen LogP contribution in [0.2, 0.25) is 0 Å². The molecule has 0 unspecified atom stereocenters. The van der Waals surface area contributed by atoms with E-state index in [1.54, 1.807) is 33.7 Å². The van der Waals surface area contributed by atoms with Crippen LogP contribution in [0.15, 0.2) is 22.8 Å². The topological polar surface area (TPSA) is 40.8 Å². The average Bonchev–Trinajstić information content (AvgIpc) is 2.75. The van der Waals surface area contributed by atoms with Crippen LogP contribution < -0.4 is 14.2 Å². The molecule has 2 rings (SSSR count). The van der Waals surface area contributed by atoms with Gasteiger partial charge in [0.15, 0.2) is 11.3 Å². The van der Waals surface area contributed by atoms with Crippen molar-refractivity contribution in [3.63, 3.8) is 0 Å². The van der Waals surface area contributed by atoms with Crippen molar-refractivity contribution in [2.75, 3.05) is 21.3 Å². The molecule has 0 spiro atoms. The molecule has 0 aliphatic rings. The predicted molar refractivity (Wildman–Crippen MR) is 55.9 cm³/mol. The molecule has 1 heterocycles. The van der Waals surface area contributed by atoms with Gasteiger partial charge in [0.2, 0.25) is 5.75 Å². The Kier molecular flexibility index (Phi) is 2.41. The van der Waals surface area contributed by atoms with E-state index in [1.807, 2.05) is 6.07 Å². The summed E-state index contributed by atoms with van der Waals surface area (Å²) in [6, 6.07) is 3.60. The number of hydrogen-bond acceptors (Lipinski definition) is 4. The van der Waals surface area contributed by atoms with E-state index in [1.165, 1.54) is 0 Å². The van der Waals surface area contributed by atoms with E-state index in [0.717, 1.165) is 5.39 Å². The summed E-state index contributed by atoms with van der Waals surface area (Å²) in [6.45, 7) is 0. The number of methoxy groups -OCH3 is 3. The Bertz CT molecular complexity index is 473. The number of ether oxygens (including phenoxy) is 3. The molecule has 0 radical (unpaired) electrons. The van der Waals surface area contributed by atoms with Crippen molar-refractivity contribution < 1.29 is 18.6 Å². The largest absolute Gasteiger partial charge is 0.496 e. The monoisotopic (exact) mass is 208 g/mol. The summed E-state index contributed by atoms with van der Waals surface area (Å²) in [4.78, 5) is 0. The fraction of sp³-hybridized carbons (Fsp3) is 0.273. The van der Waals surface area contributed by atoms with E-state index in [4.69, 9.17) is 18.6 Å². The summed E-state index contributed by atoms with van der Waals surface area (Å²) in [5.74, 6) is 1.88. The summed E-state index contributed by atoms with van der Waals surface area (Å²) in [7, 11) is 4.76. The molecule has 0 saturated heterocycles. The Morgan fingerprint density at radius 1 is 1.00 bits per heavy atom. The average molecular weight is 208 g/mol. The van der Waals surface area contributed by atoms with E-state index in [0.29, 0.717) is 22.8 Å². The third kappa shape index (κ3) is 1.38. The van der Waals surface area contributed by atoms with Crippen LogP contribution in [-0.2, 0) is 0 Å². The first-order valence-corrected chi connectivity index (χ1v) is 4.48. The SMILES string of the molecule is COc1cc(OC)c2ccoc2c1OC.